The van der Waals surface area contributed by atoms with Crippen LogP contribution in [0.1, 0.15) is 13.8 Å². The molecule has 0 saturated carbocycles. The average molecular weight is 318 g/mol. The Labute approximate surface area is 125 Å². The van der Waals surface area contributed by atoms with Gasteiger partial charge in [-0.2, -0.15) is 0 Å². The lowest BCUT2D eigenvalue weighted by atomic mass is 10.1. The Morgan fingerprint density at radius 1 is 1.35 bits per heavy atom. The lowest BCUT2D eigenvalue weighted by Crippen LogP contribution is -2.49. The fraction of sp³-hybridized carbons (Fsp3) is 0.571. The summed E-state index contributed by atoms with van der Waals surface area (Å²) in [6.07, 6.45) is 0.0203. The van der Waals surface area contributed by atoms with Gasteiger partial charge in [0.1, 0.15) is 0 Å². The first-order chi connectivity index (χ1) is 9.47. The van der Waals surface area contributed by atoms with E-state index in [-0.39, 0.29) is 17.9 Å². The fourth-order valence-electron chi connectivity index (χ4n) is 2.28. The van der Waals surface area contributed by atoms with Crippen molar-refractivity contribution in [3.05, 3.63) is 24.3 Å². The molecule has 0 bridgehead atoms. The van der Waals surface area contributed by atoms with E-state index in [0.717, 1.165) is 12.2 Å². The van der Waals surface area contributed by atoms with E-state index in [1.165, 1.54) is 0 Å². The number of alkyl halides is 1. The highest BCUT2D eigenvalue weighted by Gasteiger charge is 2.26. The molecule has 0 spiro atoms. The Morgan fingerprint density at radius 2 is 2.00 bits per heavy atom. The van der Waals surface area contributed by atoms with Gasteiger partial charge in [0, 0.05) is 18.3 Å². The molecule has 2 rings (SSSR count). The molecule has 1 aliphatic rings. The van der Waals surface area contributed by atoms with Crippen molar-refractivity contribution in [2.45, 2.75) is 30.9 Å². The third kappa shape index (κ3) is 3.27. The minimum atomic E-state index is -3.14. The third-order valence-corrected chi connectivity index (χ3v) is 5.68. The molecule has 2 atom stereocenters. The van der Waals surface area contributed by atoms with Crippen molar-refractivity contribution in [1.82, 2.24) is 0 Å². The molecule has 112 valence electrons. The molecule has 2 unspecified atom stereocenters. The summed E-state index contributed by atoms with van der Waals surface area (Å²) in [7, 11) is -3.14. The average Bonchev–Trinajstić information content (AvgIpc) is 2.48. The number of halogens is 1. The third-order valence-electron chi connectivity index (χ3n) is 3.59. The van der Waals surface area contributed by atoms with E-state index in [1.807, 2.05) is 12.1 Å². The van der Waals surface area contributed by atoms with Gasteiger partial charge in [0.15, 0.2) is 9.84 Å². The monoisotopic (exact) mass is 317 g/mol. The molecule has 1 aliphatic heterocycles. The zero-order chi connectivity index (χ0) is 14.8. The van der Waals surface area contributed by atoms with Crippen LogP contribution in [0.4, 0.5) is 5.69 Å². The van der Waals surface area contributed by atoms with Crippen LogP contribution in [0.25, 0.3) is 0 Å². The Kier molecular flexibility index (Phi) is 4.94. The number of morpholine rings is 1. The quantitative estimate of drug-likeness (QED) is 0.800. The lowest BCUT2D eigenvalue weighted by molar-refractivity contribution is 0.0365. The van der Waals surface area contributed by atoms with E-state index in [4.69, 9.17) is 16.3 Å². The number of sulfone groups is 1. The minimum Gasteiger partial charge on any atom is -0.373 e. The molecule has 0 amide bonds. The van der Waals surface area contributed by atoms with E-state index in [0.29, 0.717) is 17.4 Å². The highest BCUT2D eigenvalue weighted by molar-refractivity contribution is 7.91. The SMILES string of the molecule is CCS(=O)(=O)c1ccc(N2CC(CCl)OCC2C)cc1. The Bertz CT molecular complexity index is 544. The van der Waals surface area contributed by atoms with E-state index in [9.17, 15) is 8.42 Å². The molecule has 1 fully saturated rings. The zero-order valence-corrected chi connectivity index (χ0v) is 13.3. The summed E-state index contributed by atoms with van der Waals surface area (Å²) in [4.78, 5) is 2.58. The van der Waals surface area contributed by atoms with Crippen LogP contribution in [0.3, 0.4) is 0 Å². The van der Waals surface area contributed by atoms with Crippen molar-refractivity contribution >= 4 is 27.1 Å². The van der Waals surface area contributed by atoms with Crippen molar-refractivity contribution in [1.29, 1.82) is 0 Å². The number of benzene rings is 1. The first-order valence-corrected chi connectivity index (χ1v) is 8.93. The van der Waals surface area contributed by atoms with Crippen molar-refractivity contribution in [2.75, 3.05) is 29.7 Å². The van der Waals surface area contributed by atoms with E-state index in [2.05, 4.69) is 11.8 Å². The smallest absolute Gasteiger partial charge is 0.178 e. The van der Waals surface area contributed by atoms with Crippen molar-refractivity contribution in [3.8, 4) is 0 Å². The molecule has 0 aliphatic carbocycles. The summed E-state index contributed by atoms with van der Waals surface area (Å²) in [5, 5.41) is 0. The number of hydrogen-bond donors (Lipinski definition) is 0. The summed E-state index contributed by atoms with van der Waals surface area (Å²) in [6.45, 7) is 5.09. The molecular formula is C14H20ClNO3S. The van der Waals surface area contributed by atoms with Gasteiger partial charge in [-0.3, -0.25) is 0 Å². The minimum absolute atomic E-state index is 0.0203. The summed E-state index contributed by atoms with van der Waals surface area (Å²) in [5.41, 5.74) is 1.01. The normalized spacial score (nSPS) is 23.9. The first-order valence-electron chi connectivity index (χ1n) is 6.75. The van der Waals surface area contributed by atoms with Crippen molar-refractivity contribution < 1.29 is 13.2 Å². The lowest BCUT2D eigenvalue weighted by Gasteiger charge is -2.39. The second-order valence-corrected chi connectivity index (χ2v) is 7.60. The van der Waals surface area contributed by atoms with E-state index in [1.54, 1.807) is 19.1 Å². The molecule has 1 heterocycles. The van der Waals surface area contributed by atoms with Crippen LogP contribution in [-0.2, 0) is 14.6 Å². The van der Waals surface area contributed by atoms with Gasteiger partial charge in [-0.05, 0) is 31.2 Å². The van der Waals surface area contributed by atoms with Gasteiger partial charge in [0.2, 0.25) is 0 Å². The summed E-state index contributed by atoms with van der Waals surface area (Å²) in [5.74, 6) is 0.583. The second-order valence-electron chi connectivity index (χ2n) is 5.01. The molecule has 1 saturated heterocycles. The number of nitrogens with zero attached hydrogens (tertiary/aromatic N) is 1. The van der Waals surface area contributed by atoms with Crippen molar-refractivity contribution in [2.24, 2.45) is 0 Å². The Balaban J connectivity index is 2.21. The van der Waals surface area contributed by atoms with Gasteiger partial charge >= 0.3 is 0 Å². The van der Waals surface area contributed by atoms with Crippen LogP contribution in [0.5, 0.6) is 0 Å². The molecule has 4 nitrogen and oxygen atoms in total. The Hall–Kier alpha value is -0.780. The predicted molar refractivity (Wildman–Crippen MR) is 81.4 cm³/mol. The molecule has 0 radical (unpaired) electrons. The largest absolute Gasteiger partial charge is 0.373 e. The molecule has 1 aromatic carbocycles. The van der Waals surface area contributed by atoms with Crippen LogP contribution in [0.15, 0.2) is 29.2 Å². The second kappa shape index (κ2) is 6.33. The Morgan fingerprint density at radius 3 is 2.55 bits per heavy atom. The van der Waals surface area contributed by atoms with Gasteiger partial charge in [0.05, 0.1) is 29.2 Å². The zero-order valence-electron chi connectivity index (χ0n) is 11.8. The van der Waals surface area contributed by atoms with Gasteiger partial charge in [-0.15, -0.1) is 11.6 Å². The topological polar surface area (TPSA) is 46.6 Å². The van der Waals surface area contributed by atoms with Gasteiger partial charge in [-0.25, -0.2) is 8.42 Å². The molecule has 0 aromatic heterocycles. The summed E-state index contributed by atoms with van der Waals surface area (Å²) < 4.78 is 29.2. The van der Waals surface area contributed by atoms with Crippen LogP contribution in [0, 0.1) is 0 Å². The molecule has 6 heteroatoms. The highest BCUT2D eigenvalue weighted by Crippen LogP contribution is 2.24. The number of rotatable bonds is 4. The maximum absolute atomic E-state index is 11.8. The van der Waals surface area contributed by atoms with Crippen molar-refractivity contribution in [3.63, 3.8) is 0 Å². The van der Waals surface area contributed by atoms with Crippen LogP contribution in [0.2, 0.25) is 0 Å². The number of anilines is 1. The summed E-state index contributed by atoms with van der Waals surface area (Å²) >= 11 is 5.85. The molecule has 1 aromatic rings. The molecular weight excluding hydrogens is 298 g/mol. The van der Waals surface area contributed by atoms with Gasteiger partial charge in [0.25, 0.3) is 0 Å². The van der Waals surface area contributed by atoms with E-state index < -0.39 is 9.84 Å². The maximum Gasteiger partial charge on any atom is 0.178 e. The molecule has 0 N–H and O–H groups in total. The highest BCUT2D eigenvalue weighted by atomic mass is 35.5. The molecule has 20 heavy (non-hydrogen) atoms. The van der Waals surface area contributed by atoms with E-state index >= 15 is 0 Å². The van der Waals surface area contributed by atoms with Crippen LogP contribution >= 0.6 is 11.6 Å². The maximum atomic E-state index is 11.8. The fourth-order valence-corrected chi connectivity index (χ4v) is 3.35. The summed E-state index contributed by atoms with van der Waals surface area (Å²) in [6, 6.07) is 7.31. The van der Waals surface area contributed by atoms with Crippen LogP contribution < -0.4 is 4.90 Å². The predicted octanol–water partition coefficient (Wildman–Crippen LogP) is 2.31. The number of ether oxygens (including phenoxy) is 1. The van der Waals surface area contributed by atoms with Gasteiger partial charge < -0.3 is 9.64 Å². The number of hydrogen-bond acceptors (Lipinski definition) is 4. The standard InChI is InChI=1S/C14H20ClNO3S/c1-3-20(17,18)14-6-4-12(5-7-14)16-9-13(8-15)19-10-11(16)2/h4-7,11,13H,3,8-10H2,1-2H3. The van der Waals surface area contributed by atoms with Crippen LogP contribution in [-0.4, -0.2) is 45.3 Å². The first kappa shape index (κ1) is 15.6. The van der Waals surface area contributed by atoms with Gasteiger partial charge in [-0.1, -0.05) is 6.92 Å².